The van der Waals surface area contributed by atoms with Crippen molar-refractivity contribution < 1.29 is 9.50 Å². The lowest BCUT2D eigenvalue weighted by molar-refractivity contribution is 0.0576. The van der Waals surface area contributed by atoms with Crippen molar-refractivity contribution >= 4 is 12.4 Å². The first-order chi connectivity index (χ1) is 11.2. The second-order valence-corrected chi connectivity index (χ2v) is 6.50. The van der Waals surface area contributed by atoms with Gasteiger partial charge in [-0.25, -0.2) is 4.39 Å². The molecule has 0 spiro atoms. The van der Waals surface area contributed by atoms with Gasteiger partial charge in [0.25, 0.3) is 0 Å². The maximum atomic E-state index is 12.9. The van der Waals surface area contributed by atoms with Gasteiger partial charge in [0.1, 0.15) is 5.82 Å². The maximum Gasteiger partial charge on any atom is 0.123 e. The molecule has 1 unspecified atom stereocenters. The molecule has 0 amide bonds. The van der Waals surface area contributed by atoms with E-state index in [2.05, 4.69) is 29.2 Å². The summed E-state index contributed by atoms with van der Waals surface area (Å²) < 4.78 is 12.9. The Bertz CT molecular complexity index is 597. The molecule has 1 aliphatic rings. The maximum absolute atomic E-state index is 12.9. The highest BCUT2D eigenvalue weighted by Crippen LogP contribution is 2.24. The molecule has 1 fully saturated rings. The molecular formula is C20H25ClFNO. The Morgan fingerprint density at radius 1 is 0.958 bits per heavy atom. The lowest BCUT2D eigenvalue weighted by Gasteiger charge is -2.34. The van der Waals surface area contributed by atoms with Gasteiger partial charge in [0.15, 0.2) is 0 Å². The molecule has 130 valence electrons. The van der Waals surface area contributed by atoms with Gasteiger partial charge in [0, 0.05) is 6.54 Å². The molecule has 1 aliphatic heterocycles. The number of benzene rings is 2. The second kappa shape index (κ2) is 9.16. The number of hydrogen-bond acceptors (Lipinski definition) is 2. The monoisotopic (exact) mass is 349 g/mol. The molecule has 1 heterocycles. The van der Waals surface area contributed by atoms with E-state index in [1.54, 1.807) is 12.1 Å². The fourth-order valence-electron chi connectivity index (χ4n) is 3.37. The average Bonchev–Trinajstić information content (AvgIpc) is 2.58. The lowest BCUT2D eigenvalue weighted by Crippen LogP contribution is -2.38. The van der Waals surface area contributed by atoms with E-state index in [1.807, 2.05) is 6.07 Å². The topological polar surface area (TPSA) is 23.5 Å². The van der Waals surface area contributed by atoms with Gasteiger partial charge in [0.2, 0.25) is 0 Å². The Hall–Kier alpha value is -1.42. The van der Waals surface area contributed by atoms with E-state index in [1.165, 1.54) is 17.7 Å². The Morgan fingerprint density at radius 2 is 1.58 bits per heavy atom. The first-order valence-electron chi connectivity index (χ1n) is 8.39. The molecule has 0 bridgehead atoms. The van der Waals surface area contributed by atoms with Crippen molar-refractivity contribution in [2.24, 2.45) is 5.92 Å². The third kappa shape index (κ3) is 5.30. The summed E-state index contributed by atoms with van der Waals surface area (Å²) in [6.45, 7) is 3.04. The quantitative estimate of drug-likeness (QED) is 0.879. The van der Waals surface area contributed by atoms with Crippen molar-refractivity contribution in [2.75, 3.05) is 13.1 Å². The Kier molecular flexibility index (Phi) is 7.22. The molecule has 2 nitrogen and oxygen atoms in total. The summed E-state index contributed by atoms with van der Waals surface area (Å²) in [7, 11) is 0. The SMILES string of the molecule is Cl.OC(Cc1ccc(F)cc1)C1CCN(Cc2ccccc2)CC1. The van der Waals surface area contributed by atoms with E-state index in [9.17, 15) is 9.50 Å². The van der Waals surface area contributed by atoms with E-state index in [0.717, 1.165) is 38.0 Å². The standard InChI is InChI=1S/C20H24FNO.ClH/c21-19-8-6-16(7-9-19)14-20(23)18-10-12-22(13-11-18)15-17-4-2-1-3-5-17;/h1-9,18,20,23H,10-15H2;1H. The highest BCUT2D eigenvalue weighted by atomic mass is 35.5. The zero-order valence-corrected chi connectivity index (χ0v) is 14.6. The normalized spacial score (nSPS) is 17.2. The van der Waals surface area contributed by atoms with Crippen LogP contribution in [0.3, 0.4) is 0 Å². The van der Waals surface area contributed by atoms with Crippen molar-refractivity contribution in [3.8, 4) is 0 Å². The molecule has 2 aromatic rings. The molecule has 24 heavy (non-hydrogen) atoms. The molecule has 2 aromatic carbocycles. The minimum Gasteiger partial charge on any atom is -0.392 e. The van der Waals surface area contributed by atoms with E-state index < -0.39 is 0 Å². The van der Waals surface area contributed by atoms with Crippen LogP contribution in [0.4, 0.5) is 4.39 Å². The summed E-state index contributed by atoms with van der Waals surface area (Å²) in [6, 6.07) is 17.0. The summed E-state index contributed by atoms with van der Waals surface area (Å²) in [5.74, 6) is 0.115. The first kappa shape index (κ1) is 18.9. The lowest BCUT2D eigenvalue weighted by atomic mass is 9.88. The highest BCUT2D eigenvalue weighted by molar-refractivity contribution is 5.85. The average molecular weight is 350 g/mol. The molecule has 1 N–H and O–H groups in total. The molecule has 0 aromatic heterocycles. The van der Waals surface area contributed by atoms with E-state index >= 15 is 0 Å². The minimum atomic E-state index is -0.334. The number of piperidine rings is 1. The number of aliphatic hydroxyl groups is 1. The van der Waals surface area contributed by atoms with Crippen LogP contribution in [0, 0.1) is 11.7 Å². The Labute approximate surface area is 149 Å². The van der Waals surface area contributed by atoms with Crippen molar-refractivity contribution in [3.05, 3.63) is 71.5 Å². The van der Waals surface area contributed by atoms with Gasteiger partial charge >= 0.3 is 0 Å². The molecule has 1 saturated heterocycles. The summed E-state index contributed by atoms with van der Waals surface area (Å²) in [5, 5.41) is 10.5. The number of likely N-dealkylation sites (tertiary alicyclic amines) is 1. The molecule has 0 saturated carbocycles. The molecule has 4 heteroatoms. The van der Waals surface area contributed by atoms with Crippen LogP contribution in [-0.2, 0) is 13.0 Å². The van der Waals surface area contributed by atoms with Gasteiger partial charge in [-0.1, -0.05) is 42.5 Å². The smallest absolute Gasteiger partial charge is 0.123 e. The predicted molar refractivity (Wildman–Crippen MR) is 97.8 cm³/mol. The van der Waals surface area contributed by atoms with Crippen molar-refractivity contribution in [1.82, 2.24) is 4.90 Å². The summed E-state index contributed by atoms with van der Waals surface area (Å²) in [6.07, 6.45) is 2.33. The van der Waals surface area contributed by atoms with Crippen LogP contribution in [-0.4, -0.2) is 29.2 Å². The summed E-state index contributed by atoms with van der Waals surface area (Å²) in [5.41, 5.74) is 2.35. The van der Waals surface area contributed by atoms with Gasteiger partial charge in [-0.15, -0.1) is 12.4 Å². The van der Waals surface area contributed by atoms with Crippen molar-refractivity contribution in [3.63, 3.8) is 0 Å². The van der Waals surface area contributed by atoms with Crippen LogP contribution in [0.5, 0.6) is 0 Å². The van der Waals surface area contributed by atoms with Crippen LogP contribution in [0.25, 0.3) is 0 Å². The predicted octanol–water partition coefficient (Wildman–Crippen LogP) is 4.06. The van der Waals surface area contributed by atoms with Crippen molar-refractivity contribution in [2.45, 2.75) is 31.9 Å². The van der Waals surface area contributed by atoms with E-state index in [-0.39, 0.29) is 24.3 Å². The fraction of sp³-hybridized carbons (Fsp3) is 0.400. The van der Waals surface area contributed by atoms with Crippen LogP contribution >= 0.6 is 12.4 Å². The molecular weight excluding hydrogens is 325 g/mol. The van der Waals surface area contributed by atoms with E-state index in [0.29, 0.717) is 12.3 Å². The molecule has 1 atom stereocenters. The number of nitrogens with zero attached hydrogens (tertiary/aromatic N) is 1. The van der Waals surface area contributed by atoms with Gasteiger partial charge in [-0.2, -0.15) is 0 Å². The zero-order valence-electron chi connectivity index (χ0n) is 13.8. The molecule has 0 aliphatic carbocycles. The molecule has 0 radical (unpaired) electrons. The Morgan fingerprint density at radius 3 is 2.21 bits per heavy atom. The van der Waals surface area contributed by atoms with Crippen LogP contribution in [0.15, 0.2) is 54.6 Å². The fourth-order valence-corrected chi connectivity index (χ4v) is 3.37. The van der Waals surface area contributed by atoms with Gasteiger partial charge in [-0.05, 0) is 61.5 Å². The van der Waals surface area contributed by atoms with Crippen LogP contribution in [0.2, 0.25) is 0 Å². The highest BCUT2D eigenvalue weighted by Gasteiger charge is 2.25. The molecule has 3 rings (SSSR count). The minimum absolute atomic E-state index is 0. The third-order valence-corrected chi connectivity index (χ3v) is 4.78. The third-order valence-electron chi connectivity index (χ3n) is 4.78. The van der Waals surface area contributed by atoms with Gasteiger partial charge in [-0.3, -0.25) is 4.90 Å². The Balaban J connectivity index is 0.00000208. The first-order valence-corrected chi connectivity index (χ1v) is 8.39. The number of rotatable bonds is 5. The van der Waals surface area contributed by atoms with Crippen LogP contribution < -0.4 is 0 Å². The second-order valence-electron chi connectivity index (χ2n) is 6.50. The summed E-state index contributed by atoms with van der Waals surface area (Å²) in [4.78, 5) is 2.45. The number of halogens is 2. The van der Waals surface area contributed by atoms with E-state index in [4.69, 9.17) is 0 Å². The van der Waals surface area contributed by atoms with Gasteiger partial charge < -0.3 is 5.11 Å². The zero-order chi connectivity index (χ0) is 16.1. The summed E-state index contributed by atoms with van der Waals surface area (Å²) >= 11 is 0. The van der Waals surface area contributed by atoms with Gasteiger partial charge in [0.05, 0.1) is 6.10 Å². The van der Waals surface area contributed by atoms with Crippen LogP contribution in [0.1, 0.15) is 24.0 Å². The number of aliphatic hydroxyl groups excluding tert-OH is 1. The van der Waals surface area contributed by atoms with Crippen molar-refractivity contribution in [1.29, 1.82) is 0 Å². The number of hydrogen-bond donors (Lipinski definition) is 1. The largest absolute Gasteiger partial charge is 0.392 e.